The molecule has 0 unspecified atom stereocenters. The first-order chi connectivity index (χ1) is 4.84. The number of hydrogen-bond acceptors (Lipinski definition) is 2. The minimum atomic E-state index is -0.274. The van der Waals surface area contributed by atoms with Crippen LogP contribution in [0.25, 0.3) is 0 Å². The standard InChI is InChI=1S/C7H4NO2/c8-5-10-7-4-2-1-3-6(7)9/h1-4H. The molecule has 10 heavy (non-hydrogen) atoms. The van der Waals surface area contributed by atoms with Crippen LogP contribution in [-0.4, -0.2) is 0 Å². The van der Waals surface area contributed by atoms with Crippen LogP contribution in [0.4, 0.5) is 0 Å². The number of nitrogens with zero attached hydrogens (tertiary/aromatic N) is 1. The lowest BCUT2D eigenvalue weighted by Crippen LogP contribution is -1.79. The van der Waals surface area contributed by atoms with E-state index in [-0.39, 0.29) is 11.5 Å². The van der Waals surface area contributed by atoms with Crippen LogP contribution >= 0.6 is 0 Å². The first kappa shape index (κ1) is 6.43. The van der Waals surface area contributed by atoms with Crippen LogP contribution in [0.5, 0.6) is 11.5 Å². The van der Waals surface area contributed by atoms with Gasteiger partial charge in [-0.1, -0.05) is 12.1 Å². The summed E-state index contributed by atoms with van der Waals surface area (Å²) in [5, 5.41) is 18.8. The summed E-state index contributed by atoms with van der Waals surface area (Å²) >= 11 is 0. The summed E-state index contributed by atoms with van der Waals surface area (Å²) in [4.78, 5) is 0. The highest BCUT2D eigenvalue weighted by molar-refractivity contribution is 5.38. The van der Waals surface area contributed by atoms with Gasteiger partial charge >= 0.3 is 0 Å². The molecule has 0 heterocycles. The third kappa shape index (κ3) is 1.17. The van der Waals surface area contributed by atoms with Crippen LogP contribution in [0.3, 0.4) is 0 Å². The van der Waals surface area contributed by atoms with Crippen molar-refractivity contribution in [1.82, 2.24) is 0 Å². The Balaban J connectivity index is 2.94. The molecule has 1 aromatic carbocycles. The molecule has 1 rings (SSSR count). The van der Waals surface area contributed by atoms with Gasteiger partial charge in [-0.15, -0.1) is 5.26 Å². The number of ether oxygens (including phenoxy) is 1. The van der Waals surface area contributed by atoms with E-state index in [1.807, 2.05) is 0 Å². The van der Waals surface area contributed by atoms with Gasteiger partial charge in [0.1, 0.15) is 0 Å². The third-order valence-corrected chi connectivity index (χ3v) is 1.00. The second-order valence-electron chi connectivity index (χ2n) is 1.64. The number of nitriles is 1. The fourth-order valence-electron chi connectivity index (χ4n) is 0.584. The Hall–Kier alpha value is -1.69. The summed E-state index contributed by atoms with van der Waals surface area (Å²) < 4.78 is 4.33. The lowest BCUT2D eigenvalue weighted by molar-refractivity contribution is 0.332. The van der Waals surface area contributed by atoms with Gasteiger partial charge in [-0.25, -0.2) is 0 Å². The monoisotopic (exact) mass is 134 g/mol. The van der Waals surface area contributed by atoms with Gasteiger partial charge in [0.2, 0.25) is 5.75 Å². The summed E-state index contributed by atoms with van der Waals surface area (Å²) in [6.07, 6.45) is 1.42. The molecule has 1 radical (unpaired) electrons. The van der Waals surface area contributed by atoms with Gasteiger partial charge in [0.25, 0.3) is 6.26 Å². The zero-order valence-corrected chi connectivity index (χ0v) is 5.07. The van der Waals surface area contributed by atoms with Crippen LogP contribution in [0.15, 0.2) is 24.3 Å². The van der Waals surface area contributed by atoms with E-state index in [1.54, 1.807) is 12.1 Å². The van der Waals surface area contributed by atoms with Crippen molar-refractivity contribution in [2.45, 2.75) is 0 Å². The molecule has 0 aromatic heterocycles. The maximum Gasteiger partial charge on any atom is 0.292 e. The van der Waals surface area contributed by atoms with Crippen molar-refractivity contribution >= 4 is 0 Å². The molecule has 0 aliphatic rings. The van der Waals surface area contributed by atoms with Crippen LogP contribution in [0.1, 0.15) is 0 Å². The molecule has 0 aliphatic heterocycles. The molecular weight excluding hydrogens is 130 g/mol. The number of hydrogen-bond donors (Lipinski definition) is 0. The molecule has 0 amide bonds. The van der Waals surface area contributed by atoms with E-state index < -0.39 is 0 Å². The normalized spacial score (nSPS) is 8.30. The summed E-state index contributed by atoms with van der Waals surface area (Å²) in [5.41, 5.74) is 0. The maximum absolute atomic E-state index is 10.7. The second-order valence-corrected chi connectivity index (χ2v) is 1.64. The summed E-state index contributed by atoms with van der Waals surface area (Å²) in [6, 6.07) is 6.01. The Morgan fingerprint density at radius 3 is 2.70 bits per heavy atom. The summed E-state index contributed by atoms with van der Waals surface area (Å²) in [5.74, 6) is -0.200. The largest absolute Gasteiger partial charge is 0.384 e. The van der Waals surface area contributed by atoms with E-state index in [9.17, 15) is 5.11 Å². The molecule has 0 spiro atoms. The molecule has 0 atom stereocenters. The molecule has 0 saturated heterocycles. The average Bonchev–Trinajstić information content (AvgIpc) is 1.94. The predicted molar refractivity (Wildman–Crippen MR) is 32.8 cm³/mol. The average molecular weight is 134 g/mol. The molecule has 49 valence electrons. The highest BCUT2D eigenvalue weighted by atomic mass is 16.5. The minimum absolute atomic E-state index is 0.0741. The number of para-hydroxylation sites is 2. The van der Waals surface area contributed by atoms with E-state index in [0.717, 1.165) is 0 Å². The van der Waals surface area contributed by atoms with Gasteiger partial charge in [-0.2, -0.15) is 0 Å². The highest BCUT2D eigenvalue weighted by Gasteiger charge is 1.99. The van der Waals surface area contributed by atoms with Crippen LogP contribution < -0.4 is 4.74 Å². The van der Waals surface area contributed by atoms with Crippen molar-refractivity contribution in [2.75, 3.05) is 0 Å². The van der Waals surface area contributed by atoms with E-state index in [1.165, 1.54) is 18.4 Å². The van der Waals surface area contributed by atoms with Crippen molar-refractivity contribution in [1.29, 1.82) is 5.26 Å². The van der Waals surface area contributed by atoms with E-state index >= 15 is 0 Å². The van der Waals surface area contributed by atoms with Crippen LogP contribution in [0, 0.1) is 11.5 Å². The van der Waals surface area contributed by atoms with Crippen molar-refractivity contribution < 1.29 is 9.84 Å². The maximum atomic E-state index is 10.7. The molecule has 3 heteroatoms. The SMILES string of the molecule is N#COc1ccccc1[O]. The Morgan fingerprint density at radius 2 is 2.10 bits per heavy atom. The fourth-order valence-corrected chi connectivity index (χ4v) is 0.584. The Morgan fingerprint density at radius 1 is 1.40 bits per heavy atom. The van der Waals surface area contributed by atoms with Crippen molar-refractivity contribution in [2.24, 2.45) is 0 Å². The number of rotatable bonds is 1. The van der Waals surface area contributed by atoms with Gasteiger partial charge in [-0.3, -0.25) is 5.11 Å². The van der Waals surface area contributed by atoms with E-state index in [0.29, 0.717) is 0 Å². The minimum Gasteiger partial charge on any atom is -0.384 e. The molecule has 0 fully saturated rings. The molecule has 1 aromatic rings. The lowest BCUT2D eigenvalue weighted by Gasteiger charge is -1.93. The van der Waals surface area contributed by atoms with Gasteiger partial charge < -0.3 is 4.74 Å². The van der Waals surface area contributed by atoms with Gasteiger partial charge in [0.15, 0.2) is 5.75 Å². The van der Waals surface area contributed by atoms with Crippen LogP contribution in [0.2, 0.25) is 0 Å². The fraction of sp³-hybridized carbons (Fsp3) is 0. The number of benzene rings is 1. The van der Waals surface area contributed by atoms with Gasteiger partial charge in [-0.05, 0) is 12.1 Å². The highest BCUT2D eigenvalue weighted by Crippen LogP contribution is 2.24. The molecule has 0 N–H and O–H groups in total. The quantitative estimate of drug-likeness (QED) is 0.548. The smallest absolute Gasteiger partial charge is 0.292 e. The second kappa shape index (κ2) is 2.74. The van der Waals surface area contributed by atoms with E-state index in [4.69, 9.17) is 5.26 Å². The lowest BCUT2D eigenvalue weighted by atomic mass is 10.3. The van der Waals surface area contributed by atoms with Crippen molar-refractivity contribution in [3.05, 3.63) is 24.3 Å². The molecule has 0 saturated carbocycles. The summed E-state index contributed by atoms with van der Waals surface area (Å²) in [7, 11) is 0. The molecule has 3 nitrogen and oxygen atoms in total. The Bertz CT molecular complexity index is 265. The molecular formula is C7H4NO2. The van der Waals surface area contributed by atoms with Gasteiger partial charge in [0, 0.05) is 0 Å². The summed E-state index contributed by atoms with van der Waals surface area (Å²) in [6.45, 7) is 0. The molecule has 0 aliphatic carbocycles. The first-order valence-corrected chi connectivity index (χ1v) is 2.66. The zero-order chi connectivity index (χ0) is 7.40. The van der Waals surface area contributed by atoms with Gasteiger partial charge in [0.05, 0.1) is 0 Å². The zero-order valence-electron chi connectivity index (χ0n) is 5.07. The third-order valence-electron chi connectivity index (χ3n) is 1.00. The van der Waals surface area contributed by atoms with E-state index in [2.05, 4.69) is 4.74 Å². The first-order valence-electron chi connectivity index (χ1n) is 2.66. The van der Waals surface area contributed by atoms with Crippen molar-refractivity contribution in [3.8, 4) is 17.8 Å². The Labute approximate surface area is 58.1 Å². The predicted octanol–water partition coefficient (Wildman–Crippen LogP) is 1.69. The Kier molecular flexibility index (Phi) is 1.76. The van der Waals surface area contributed by atoms with Crippen molar-refractivity contribution in [3.63, 3.8) is 0 Å². The van der Waals surface area contributed by atoms with Crippen LogP contribution in [-0.2, 0) is 5.11 Å². The topological polar surface area (TPSA) is 52.9 Å². The molecule has 0 bridgehead atoms.